The molecule has 2 atom stereocenters. The van der Waals surface area contributed by atoms with E-state index in [9.17, 15) is 9.18 Å². The van der Waals surface area contributed by atoms with Crippen molar-refractivity contribution in [1.82, 2.24) is 14.9 Å². The predicted molar refractivity (Wildman–Crippen MR) is 146 cm³/mol. The number of nitrogens with zero attached hydrogens (tertiary/aromatic N) is 2. The zero-order valence-electron chi connectivity index (χ0n) is 21.8. The minimum Gasteiger partial charge on any atom is -0.483 e. The van der Waals surface area contributed by atoms with Gasteiger partial charge in [-0.05, 0) is 87.4 Å². The molecule has 1 aromatic heterocycles. The number of aryl methyl sites for hydroxylation is 1. The van der Waals surface area contributed by atoms with Gasteiger partial charge in [-0.1, -0.05) is 50.1 Å². The Bertz CT molecular complexity index is 1250. The molecule has 2 aromatic carbocycles. The van der Waals surface area contributed by atoms with Gasteiger partial charge in [-0.25, -0.2) is 9.37 Å². The number of hydrogen-bond acceptors (Lipinski definition) is 3. The van der Waals surface area contributed by atoms with Gasteiger partial charge in [0.05, 0.1) is 11.0 Å². The van der Waals surface area contributed by atoms with Crippen molar-refractivity contribution in [1.29, 1.82) is 0 Å². The molecule has 2 fully saturated rings. The Morgan fingerprint density at radius 2 is 1.76 bits per heavy atom. The summed E-state index contributed by atoms with van der Waals surface area (Å²) in [6.45, 7) is 3.90. The lowest BCUT2D eigenvalue weighted by Gasteiger charge is -2.34. The molecule has 0 spiro atoms. The smallest absolute Gasteiger partial charge is 0.243 e. The molecule has 0 unspecified atom stereocenters. The SMILES string of the molecule is Cc1cc(Cl)ccc1O[C@H](C)c1nc2ccc(F)cc2n1[C@H](C(=O)NC1CCCCC1)C1CCCCC1. The number of rotatable bonds is 7. The fraction of sp³-hybridized carbons (Fsp3) is 0.533. The van der Waals surface area contributed by atoms with Gasteiger partial charge in [-0.3, -0.25) is 4.79 Å². The first-order valence-corrected chi connectivity index (χ1v) is 14.2. The van der Waals surface area contributed by atoms with Gasteiger partial charge in [-0.15, -0.1) is 0 Å². The predicted octanol–water partition coefficient (Wildman–Crippen LogP) is 7.85. The summed E-state index contributed by atoms with van der Waals surface area (Å²) in [5.41, 5.74) is 2.24. The summed E-state index contributed by atoms with van der Waals surface area (Å²) >= 11 is 6.15. The van der Waals surface area contributed by atoms with E-state index in [1.54, 1.807) is 12.1 Å². The van der Waals surface area contributed by atoms with E-state index in [1.807, 2.05) is 30.5 Å². The maximum Gasteiger partial charge on any atom is 0.243 e. The topological polar surface area (TPSA) is 56.2 Å². The Morgan fingerprint density at radius 3 is 2.46 bits per heavy atom. The molecule has 0 saturated heterocycles. The van der Waals surface area contributed by atoms with Crippen molar-refractivity contribution in [3.05, 3.63) is 58.6 Å². The summed E-state index contributed by atoms with van der Waals surface area (Å²) in [6, 6.07) is 9.90. The Morgan fingerprint density at radius 1 is 1.05 bits per heavy atom. The second-order valence-corrected chi connectivity index (χ2v) is 11.3. The number of aromatic nitrogens is 2. The van der Waals surface area contributed by atoms with Gasteiger partial charge in [0.15, 0.2) is 11.9 Å². The molecule has 5 rings (SSSR count). The molecule has 2 aliphatic carbocycles. The molecule has 2 saturated carbocycles. The Labute approximate surface area is 223 Å². The summed E-state index contributed by atoms with van der Waals surface area (Å²) in [6.07, 6.45) is 10.4. The summed E-state index contributed by atoms with van der Waals surface area (Å²) in [4.78, 5) is 19.0. The molecule has 5 nitrogen and oxygen atoms in total. The maximum atomic E-state index is 14.6. The number of halogens is 2. The molecule has 2 aliphatic rings. The number of nitrogens with one attached hydrogen (secondary N) is 1. The van der Waals surface area contributed by atoms with Crippen molar-refractivity contribution in [2.24, 2.45) is 5.92 Å². The van der Waals surface area contributed by atoms with Crippen LogP contribution in [0.25, 0.3) is 11.0 Å². The first-order valence-electron chi connectivity index (χ1n) is 13.8. The molecule has 1 N–H and O–H groups in total. The minimum atomic E-state index is -0.457. The fourth-order valence-corrected chi connectivity index (χ4v) is 6.40. The molecule has 0 radical (unpaired) electrons. The lowest BCUT2D eigenvalue weighted by atomic mass is 9.82. The van der Waals surface area contributed by atoms with Crippen molar-refractivity contribution >= 4 is 28.5 Å². The zero-order valence-corrected chi connectivity index (χ0v) is 22.6. The molecule has 0 bridgehead atoms. The minimum absolute atomic E-state index is 0.0264. The van der Waals surface area contributed by atoms with E-state index in [-0.39, 0.29) is 23.7 Å². The second kappa shape index (κ2) is 11.4. The van der Waals surface area contributed by atoms with Crippen molar-refractivity contribution in [2.45, 2.75) is 96.2 Å². The third kappa shape index (κ3) is 5.79. The fourth-order valence-electron chi connectivity index (χ4n) is 6.18. The molecule has 1 amide bonds. The molecule has 3 aromatic rings. The molecular formula is C30H37ClFN3O2. The van der Waals surface area contributed by atoms with Gasteiger partial charge in [0.2, 0.25) is 5.91 Å². The molecule has 1 heterocycles. The lowest BCUT2D eigenvalue weighted by Crippen LogP contribution is -2.44. The van der Waals surface area contributed by atoms with E-state index in [1.165, 1.54) is 25.0 Å². The molecule has 0 aliphatic heterocycles. The first kappa shape index (κ1) is 26.0. The third-order valence-corrected chi connectivity index (χ3v) is 8.31. The van der Waals surface area contributed by atoms with Gasteiger partial charge in [0, 0.05) is 11.1 Å². The van der Waals surface area contributed by atoms with Gasteiger partial charge < -0.3 is 14.6 Å². The third-order valence-electron chi connectivity index (χ3n) is 8.08. The van der Waals surface area contributed by atoms with Crippen LogP contribution in [0.2, 0.25) is 5.02 Å². The lowest BCUT2D eigenvalue weighted by molar-refractivity contribution is -0.127. The van der Waals surface area contributed by atoms with Crippen LogP contribution in [-0.2, 0) is 4.79 Å². The molecule has 198 valence electrons. The summed E-state index contributed by atoms with van der Waals surface area (Å²) in [5.74, 6) is 1.21. The van der Waals surface area contributed by atoms with E-state index in [4.69, 9.17) is 21.3 Å². The van der Waals surface area contributed by atoms with Crippen molar-refractivity contribution in [3.63, 3.8) is 0 Å². The van der Waals surface area contributed by atoms with Crippen LogP contribution >= 0.6 is 11.6 Å². The largest absolute Gasteiger partial charge is 0.483 e. The van der Waals surface area contributed by atoms with Gasteiger partial charge >= 0.3 is 0 Å². The quantitative estimate of drug-likeness (QED) is 0.341. The summed E-state index contributed by atoms with van der Waals surface area (Å²) < 4.78 is 22.9. The number of imidazole rings is 1. The number of fused-ring (bicyclic) bond motifs is 1. The number of benzene rings is 2. The second-order valence-electron chi connectivity index (χ2n) is 10.8. The van der Waals surface area contributed by atoms with Crippen LogP contribution in [0.3, 0.4) is 0 Å². The number of amides is 1. The van der Waals surface area contributed by atoms with E-state index in [2.05, 4.69) is 5.32 Å². The molecular weight excluding hydrogens is 489 g/mol. The van der Waals surface area contributed by atoms with Crippen LogP contribution in [-0.4, -0.2) is 21.5 Å². The Balaban J connectivity index is 1.57. The van der Waals surface area contributed by atoms with Crippen LogP contribution in [0.5, 0.6) is 5.75 Å². The highest BCUT2D eigenvalue weighted by atomic mass is 35.5. The summed E-state index contributed by atoms with van der Waals surface area (Å²) in [7, 11) is 0. The van der Waals surface area contributed by atoms with E-state index < -0.39 is 12.1 Å². The average molecular weight is 526 g/mol. The molecule has 37 heavy (non-hydrogen) atoms. The highest BCUT2D eigenvalue weighted by Gasteiger charge is 2.36. The van der Waals surface area contributed by atoms with Crippen LogP contribution in [0.15, 0.2) is 36.4 Å². The molecule has 7 heteroatoms. The van der Waals surface area contributed by atoms with Crippen molar-refractivity contribution < 1.29 is 13.9 Å². The number of hydrogen-bond donors (Lipinski definition) is 1. The van der Waals surface area contributed by atoms with Crippen molar-refractivity contribution in [3.8, 4) is 5.75 Å². The maximum absolute atomic E-state index is 14.6. The monoisotopic (exact) mass is 525 g/mol. The standard InChI is InChI=1S/C30H37ClFN3O2/c1-19-17-22(31)13-16-27(19)37-20(2)29-34-25-15-14-23(32)18-26(25)35(29)28(21-9-5-3-6-10-21)30(36)33-24-11-7-4-8-12-24/h13-18,20-21,24,28H,3-12H2,1-2H3,(H,33,36)/t20-,28+/m1/s1. The normalized spacial score (nSPS) is 19.0. The average Bonchev–Trinajstić information content (AvgIpc) is 3.25. The number of carbonyl (C=O) groups excluding carboxylic acids is 1. The number of ether oxygens (including phenoxy) is 1. The van der Waals surface area contributed by atoms with Crippen LogP contribution in [0, 0.1) is 18.7 Å². The highest BCUT2D eigenvalue weighted by molar-refractivity contribution is 6.30. The summed E-state index contributed by atoms with van der Waals surface area (Å²) in [5, 5.41) is 4.03. The zero-order chi connectivity index (χ0) is 25.9. The van der Waals surface area contributed by atoms with Crippen molar-refractivity contribution in [2.75, 3.05) is 0 Å². The Hall–Kier alpha value is -2.60. The Kier molecular flexibility index (Phi) is 8.04. The van der Waals surface area contributed by atoms with Crippen LogP contribution in [0.4, 0.5) is 4.39 Å². The number of carbonyl (C=O) groups is 1. The van der Waals surface area contributed by atoms with E-state index in [0.29, 0.717) is 27.6 Å². The van der Waals surface area contributed by atoms with Crippen LogP contribution in [0.1, 0.15) is 94.7 Å². The van der Waals surface area contributed by atoms with E-state index in [0.717, 1.165) is 56.9 Å². The van der Waals surface area contributed by atoms with Gasteiger partial charge in [0.1, 0.15) is 17.6 Å². The first-order chi connectivity index (χ1) is 17.9. The van der Waals surface area contributed by atoms with Gasteiger partial charge in [0.25, 0.3) is 0 Å². The van der Waals surface area contributed by atoms with Gasteiger partial charge in [-0.2, -0.15) is 0 Å². The van der Waals surface area contributed by atoms with Crippen LogP contribution < -0.4 is 10.1 Å². The highest BCUT2D eigenvalue weighted by Crippen LogP contribution is 2.38. The van der Waals surface area contributed by atoms with E-state index >= 15 is 0 Å².